The molecule has 2 atom stereocenters. The van der Waals surface area contributed by atoms with E-state index in [2.05, 4.69) is 0 Å². The number of carbonyl (C=O) groups is 1. The number of aliphatic hydroxyl groups is 2. The number of halogens is 1. The Morgan fingerprint density at radius 3 is 2.43 bits per heavy atom. The summed E-state index contributed by atoms with van der Waals surface area (Å²) in [6.07, 6.45) is -2.68. The van der Waals surface area contributed by atoms with Gasteiger partial charge in [-0.2, -0.15) is 0 Å². The molecule has 1 rings (SSSR count). The maximum absolute atomic E-state index is 10.8. The quantitative estimate of drug-likeness (QED) is 0.798. The summed E-state index contributed by atoms with van der Waals surface area (Å²) in [6.45, 7) is 1.21. The van der Waals surface area contributed by atoms with Crippen molar-refractivity contribution in [1.82, 2.24) is 0 Å². The van der Waals surface area contributed by atoms with Crippen LogP contribution in [0.3, 0.4) is 0 Å². The maximum Gasteiger partial charge on any atom is 0.161 e. The van der Waals surface area contributed by atoms with Gasteiger partial charge in [-0.1, -0.05) is 29.8 Å². The summed E-state index contributed by atoms with van der Waals surface area (Å²) in [5.41, 5.74) is 0.358. The molecule has 0 spiro atoms. The third-order valence-corrected chi connectivity index (χ3v) is 2.28. The lowest BCUT2D eigenvalue weighted by Gasteiger charge is -2.16. The molecule has 0 aliphatic carbocycles. The van der Waals surface area contributed by atoms with Gasteiger partial charge in [-0.25, -0.2) is 0 Å². The van der Waals surface area contributed by atoms with E-state index in [-0.39, 0.29) is 0 Å². The van der Waals surface area contributed by atoms with Crippen LogP contribution >= 0.6 is 11.6 Å². The number of carbonyl (C=O) groups excluding carboxylic acids is 1. The van der Waals surface area contributed by atoms with Crippen molar-refractivity contribution in [2.24, 2.45) is 0 Å². The summed E-state index contributed by atoms with van der Waals surface area (Å²) >= 11 is 5.79. The summed E-state index contributed by atoms with van der Waals surface area (Å²) in [7, 11) is 0. The average Bonchev–Trinajstić information content (AvgIpc) is 2.16. The first kappa shape index (κ1) is 11.2. The van der Waals surface area contributed by atoms with Crippen molar-refractivity contribution in [3.05, 3.63) is 34.9 Å². The molecule has 0 fully saturated rings. The maximum atomic E-state index is 10.8. The van der Waals surface area contributed by atoms with Crippen molar-refractivity contribution < 1.29 is 15.0 Å². The third kappa shape index (κ3) is 2.32. The minimum atomic E-state index is -1.42. The average molecular weight is 215 g/mol. The molecule has 2 N–H and O–H groups in total. The predicted molar refractivity (Wildman–Crippen MR) is 53.1 cm³/mol. The molecule has 0 aliphatic heterocycles. The monoisotopic (exact) mass is 214 g/mol. The second-order valence-electron chi connectivity index (χ2n) is 3.02. The topological polar surface area (TPSA) is 57.5 Å². The van der Waals surface area contributed by atoms with E-state index in [0.717, 1.165) is 0 Å². The van der Waals surface area contributed by atoms with Gasteiger partial charge >= 0.3 is 0 Å². The van der Waals surface area contributed by atoms with E-state index in [1.54, 1.807) is 24.3 Å². The Hall–Kier alpha value is -0.900. The van der Waals surface area contributed by atoms with E-state index in [4.69, 9.17) is 11.6 Å². The summed E-state index contributed by atoms with van der Waals surface area (Å²) in [5.74, 6) is -0.489. The molecule has 0 unspecified atom stereocenters. The molecule has 3 nitrogen and oxygen atoms in total. The lowest BCUT2D eigenvalue weighted by atomic mass is 10.0. The van der Waals surface area contributed by atoms with Crippen LogP contribution in [0, 0.1) is 0 Å². The first-order valence-electron chi connectivity index (χ1n) is 4.15. The molecule has 0 bridgehead atoms. The Labute approximate surface area is 86.9 Å². The number of hydrogen-bond acceptors (Lipinski definition) is 3. The summed E-state index contributed by atoms with van der Waals surface area (Å²) in [5, 5.41) is 19.2. The lowest BCUT2D eigenvalue weighted by molar-refractivity contribution is -0.130. The molecule has 14 heavy (non-hydrogen) atoms. The van der Waals surface area contributed by atoms with Crippen LogP contribution in [0.4, 0.5) is 0 Å². The molecular weight excluding hydrogens is 204 g/mol. The highest BCUT2D eigenvalue weighted by molar-refractivity contribution is 6.31. The van der Waals surface area contributed by atoms with E-state index < -0.39 is 18.0 Å². The standard InChI is InChI=1S/C10H11ClO3/c1-6(12)9(13)10(14)7-4-2-3-5-8(7)11/h2-5,9-10,13-14H,1H3/t9-,10+/m1/s1. The number of ketones is 1. The van der Waals surface area contributed by atoms with Crippen LogP contribution in [0.2, 0.25) is 5.02 Å². The van der Waals surface area contributed by atoms with Gasteiger partial charge in [0, 0.05) is 10.6 Å². The molecule has 76 valence electrons. The van der Waals surface area contributed by atoms with Gasteiger partial charge in [0.25, 0.3) is 0 Å². The number of benzene rings is 1. The fraction of sp³-hybridized carbons (Fsp3) is 0.300. The van der Waals surface area contributed by atoms with Crippen LogP contribution in [-0.2, 0) is 4.79 Å². The number of aliphatic hydroxyl groups excluding tert-OH is 2. The highest BCUT2D eigenvalue weighted by Crippen LogP contribution is 2.25. The minimum Gasteiger partial charge on any atom is -0.385 e. The highest BCUT2D eigenvalue weighted by atomic mass is 35.5. The zero-order chi connectivity index (χ0) is 10.7. The largest absolute Gasteiger partial charge is 0.385 e. The van der Waals surface area contributed by atoms with E-state index >= 15 is 0 Å². The Bertz CT molecular complexity index is 338. The van der Waals surface area contributed by atoms with Crippen LogP contribution < -0.4 is 0 Å². The van der Waals surface area contributed by atoms with Gasteiger partial charge in [0.15, 0.2) is 5.78 Å². The van der Waals surface area contributed by atoms with Gasteiger partial charge in [0.2, 0.25) is 0 Å². The number of Topliss-reactive ketones (excluding diaryl/α,β-unsaturated/α-hetero) is 1. The van der Waals surface area contributed by atoms with Gasteiger partial charge in [0.05, 0.1) is 0 Å². The Kier molecular flexibility index (Phi) is 3.63. The van der Waals surface area contributed by atoms with Crippen LogP contribution in [0.15, 0.2) is 24.3 Å². The van der Waals surface area contributed by atoms with E-state index in [1.165, 1.54) is 6.92 Å². The Balaban J connectivity index is 2.94. The van der Waals surface area contributed by atoms with Crippen LogP contribution in [-0.4, -0.2) is 22.1 Å². The molecule has 0 saturated carbocycles. The number of hydrogen-bond donors (Lipinski definition) is 2. The van der Waals surface area contributed by atoms with Gasteiger partial charge in [-0.3, -0.25) is 4.79 Å². The Morgan fingerprint density at radius 2 is 1.93 bits per heavy atom. The van der Waals surface area contributed by atoms with Gasteiger partial charge in [-0.15, -0.1) is 0 Å². The van der Waals surface area contributed by atoms with Gasteiger partial charge < -0.3 is 10.2 Å². The summed E-state index contributed by atoms with van der Waals surface area (Å²) in [6, 6.07) is 6.54. The molecule has 0 saturated heterocycles. The molecule has 0 aromatic heterocycles. The fourth-order valence-electron chi connectivity index (χ4n) is 1.11. The van der Waals surface area contributed by atoms with Crippen molar-refractivity contribution in [2.45, 2.75) is 19.1 Å². The Morgan fingerprint density at radius 1 is 1.36 bits per heavy atom. The van der Waals surface area contributed by atoms with E-state index in [1.807, 2.05) is 0 Å². The lowest BCUT2D eigenvalue weighted by Crippen LogP contribution is -2.25. The molecule has 0 heterocycles. The second-order valence-corrected chi connectivity index (χ2v) is 3.43. The van der Waals surface area contributed by atoms with E-state index in [0.29, 0.717) is 10.6 Å². The van der Waals surface area contributed by atoms with Crippen LogP contribution in [0.1, 0.15) is 18.6 Å². The molecule has 0 radical (unpaired) electrons. The van der Waals surface area contributed by atoms with Crippen LogP contribution in [0.5, 0.6) is 0 Å². The zero-order valence-electron chi connectivity index (χ0n) is 7.64. The zero-order valence-corrected chi connectivity index (χ0v) is 8.40. The predicted octanol–water partition coefficient (Wildman–Crippen LogP) is 1.32. The van der Waals surface area contributed by atoms with Crippen LogP contribution in [0.25, 0.3) is 0 Å². The molecule has 1 aromatic carbocycles. The first-order chi connectivity index (χ1) is 6.54. The second kappa shape index (κ2) is 4.55. The SMILES string of the molecule is CC(=O)[C@@H](O)[C@@H](O)c1ccccc1Cl. The first-order valence-corrected chi connectivity index (χ1v) is 4.53. The molecule has 4 heteroatoms. The van der Waals surface area contributed by atoms with Gasteiger partial charge in [0.1, 0.15) is 12.2 Å². The van der Waals surface area contributed by atoms with Crippen molar-refractivity contribution in [1.29, 1.82) is 0 Å². The number of rotatable bonds is 3. The van der Waals surface area contributed by atoms with Crippen molar-refractivity contribution in [2.75, 3.05) is 0 Å². The third-order valence-electron chi connectivity index (χ3n) is 1.94. The van der Waals surface area contributed by atoms with E-state index in [9.17, 15) is 15.0 Å². The van der Waals surface area contributed by atoms with Crippen molar-refractivity contribution in [3.63, 3.8) is 0 Å². The van der Waals surface area contributed by atoms with Crippen molar-refractivity contribution in [3.8, 4) is 0 Å². The summed E-state index contributed by atoms with van der Waals surface area (Å²) in [4.78, 5) is 10.8. The molecule has 0 amide bonds. The minimum absolute atomic E-state index is 0.334. The molecular formula is C10H11ClO3. The van der Waals surface area contributed by atoms with Gasteiger partial charge in [-0.05, 0) is 13.0 Å². The normalized spacial score (nSPS) is 14.9. The summed E-state index contributed by atoms with van der Waals surface area (Å²) < 4.78 is 0. The smallest absolute Gasteiger partial charge is 0.161 e. The van der Waals surface area contributed by atoms with Crippen molar-refractivity contribution >= 4 is 17.4 Å². The fourth-order valence-corrected chi connectivity index (χ4v) is 1.35. The molecule has 0 aliphatic rings. The highest BCUT2D eigenvalue weighted by Gasteiger charge is 2.23. The molecule has 1 aromatic rings.